The molecule has 0 aliphatic carbocycles. The fourth-order valence-electron chi connectivity index (χ4n) is 3.12. The summed E-state index contributed by atoms with van der Waals surface area (Å²) >= 11 is 1.41. The third kappa shape index (κ3) is 2.37. The van der Waals surface area contributed by atoms with Crippen LogP contribution in [0.1, 0.15) is 25.7 Å². The molecule has 1 atom stereocenters. The summed E-state index contributed by atoms with van der Waals surface area (Å²) in [5.41, 5.74) is 0.184. The number of hydrogen-bond acceptors (Lipinski definition) is 5. The maximum atomic E-state index is 11.8. The topological polar surface area (TPSA) is 66.7 Å². The minimum Gasteiger partial charge on any atom is -0.356 e. The van der Waals surface area contributed by atoms with E-state index < -0.39 is 0 Å². The van der Waals surface area contributed by atoms with E-state index in [2.05, 4.69) is 4.90 Å². The van der Waals surface area contributed by atoms with Crippen LogP contribution in [0.25, 0.3) is 0 Å². The quantitative estimate of drug-likeness (QED) is 0.633. The maximum Gasteiger partial charge on any atom is 0.303 e. The highest BCUT2D eigenvalue weighted by molar-refractivity contribution is 7.14. The van der Waals surface area contributed by atoms with E-state index in [1.54, 1.807) is 11.4 Å². The minimum absolute atomic E-state index is 0.184. The Morgan fingerprint density at radius 1 is 1.35 bits per heavy atom. The highest BCUT2D eigenvalue weighted by Gasteiger charge is 2.33. The molecule has 0 radical (unpaired) electrons. The van der Waals surface area contributed by atoms with Gasteiger partial charge in [-0.25, -0.2) is 0 Å². The molecule has 3 heterocycles. The summed E-state index contributed by atoms with van der Waals surface area (Å²) in [5, 5.41) is 13.5. The number of piperidine rings is 1. The van der Waals surface area contributed by atoms with E-state index in [9.17, 15) is 14.9 Å². The molecule has 1 amide bonds. The number of anilines is 1. The molecule has 2 aliphatic rings. The van der Waals surface area contributed by atoms with Gasteiger partial charge in [0, 0.05) is 38.2 Å². The van der Waals surface area contributed by atoms with Crippen molar-refractivity contribution in [3.8, 4) is 0 Å². The van der Waals surface area contributed by atoms with Crippen molar-refractivity contribution in [2.24, 2.45) is 0 Å². The third-order valence-electron chi connectivity index (χ3n) is 4.06. The molecule has 108 valence electrons. The molecule has 1 aromatic rings. The molecule has 0 saturated carbocycles. The molecule has 2 saturated heterocycles. The summed E-state index contributed by atoms with van der Waals surface area (Å²) in [6.45, 7) is 2.39. The first kappa shape index (κ1) is 13.4. The van der Waals surface area contributed by atoms with E-state index in [1.807, 2.05) is 4.90 Å². The molecule has 6 nitrogen and oxygen atoms in total. The Labute approximate surface area is 121 Å². The van der Waals surface area contributed by atoms with Gasteiger partial charge in [-0.2, -0.15) is 0 Å². The molecule has 0 bridgehead atoms. The molecule has 2 fully saturated rings. The zero-order valence-corrected chi connectivity index (χ0v) is 12.0. The van der Waals surface area contributed by atoms with E-state index in [0.29, 0.717) is 13.0 Å². The van der Waals surface area contributed by atoms with Gasteiger partial charge in [-0.1, -0.05) is 0 Å². The minimum atomic E-state index is -0.323. The fourth-order valence-corrected chi connectivity index (χ4v) is 4.02. The van der Waals surface area contributed by atoms with Crippen molar-refractivity contribution in [2.75, 3.05) is 24.5 Å². The van der Waals surface area contributed by atoms with Crippen molar-refractivity contribution in [1.29, 1.82) is 0 Å². The molecule has 2 aliphatic heterocycles. The molecule has 1 unspecified atom stereocenters. The van der Waals surface area contributed by atoms with Crippen LogP contribution < -0.4 is 4.90 Å². The smallest absolute Gasteiger partial charge is 0.303 e. The van der Waals surface area contributed by atoms with E-state index in [4.69, 9.17) is 0 Å². The highest BCUT2D eigenvalue weighted by atomic mass is 32.1. The molecule has 3 rings (SSSR count). The molecular formula is C13H17N3O3S. The Hall–Kier alpha value is -1.63. The van der Waals surface area contributed by atoms with Gasteiger partial charge in [-0.05, 0) is 24.6 Å². The number of nitro groups is 1. The standard InChI is InChI=1S/C13H17N3O3S/c17-12-4-2-7-15(12)10-3-1-6-14(9-10)13-11(16(18)19)5-8-20-13/h5,8,10H,1-4,6-7,9H2. The van der Waals surface area contributed by atoms with Gasteiger partial charge in [0.15, 0.2) is 5.00 Å². The molecule has 1 aromatic heterocycles. The fraction of sp³-hybridized carbons (Fsp3) is 0.615. The Balaban J connectivity index is 1.76. The highest BCUT2D eigenvalue weighted by Crippen LogP contribution is 2.36. The van der Waals surface area contributed by atoms with Crippen LogP contribution in [0, 0.1) is 10.1 Å². The monoisotopic (exact) mass is 295 g/mol. The Morgan fingerprint density at radius 3 is 2.90 bits per heavy atom. The van der Waals surface area contributed by atoms with Crippen LogP contribution in [0.5, 0.6) is 0 Å². The van der Waals surface area contributed by atoms with E-state index in [1.165, 1.54) is 11.3 Å². The second-order valence-electron chi connectivity index (χ2n) is 5.30. The van der Waals surface area contributed by atoms with Gasteiger partial charge in [-0.3, -0.25) is 14.9 Å². The maximum absolute atomic E-state index is 11.8. The van der Waals surface area contributed by atoms with Crippen molar-refractivity contribution in [3.05, 3.63) is 21.6 Å². The van der Waals surface area contributed by atoms with E-state index >= 15 is 0 Å². The first-order valence-electron chi connectivity index (χ1n) is 6.93. The molecule has 0 aromatic carbocycles. The van der Waals surface area contributed by atoms with Gasteiger partial charge in [0.1, 0.15) is 0 Å². The zero-order valence-electron chi connectivity index (χ0n) is 11.2. The van der Waals surface area contributed by atoms with Gasteiger partial charge in [0.25, 0.3) is 0 Å². The lowest BCUT2D eigenvalue weighted by Crippen LogP contribution is -2.48. The average Bonchev–Trinajstić information content (AvgIpc) is 3.07. The van der Waals surface area contributed by atoms with Crippen LogP contribution in [-0.2, 0) is 4.79 Å². The number of hydrogen-bond donors (Lipinski definition) is 0. The summed E-state index contributed by atoms with van der Waals surface area (Å²) in [4.78, 5) is 26.6. The summed E-state index contributed by atoms with van der Waals surface area (Å²) in [6, 6.07) is 1.77. The number of rotatable bonds is 3. The number of amides is 1. The number of thiophene rings is 1. The van der Waals surface area contributed by atoms with Gasteiger partial charge >= 0.3 is 5.69 Å². The summed E-state index contributed by atoms with van der Waals surface area (Å²) in [6.07, 6.45) is 3.56. The third-order valence-corrected chi connectivity index (χ3v) is 5.02. The molecule has 20 heavy (non-hydrogen) atoms. The second-order valence-corrected chi connectivity index (χ2v) is 6.20. The lowest BCUT2D eigenvalue weighted by Gasteiger charge is -2.37. The SMILES string of the molecule is O=C1CCCN1C1CCCN(c2sccc2[N+](=O)[O-])C1. The molecule has 0 N–H and O–H groups in total. The summed E-state index contributed by atoms with van der Waals surface area (Å²) < 4.78 is 0. The Kier molecular flexibility index (Phi) is 3.60. The summed E-state index contributed by atoms with van der Waals surface area (Å²) in [7, 11) is 0. The van der Waals surface area contributed by atoms with Crippen LogP contribution >= 0.6 is 11.3 Å². The number of carbonyl (C=O) groups excluding carboxylic acids is 1. The zero-order chi connectivity index (χ0) is 14.1. The first-order chi connectivity index (χ1) is 9.66. The number of carbonyl (C=O) groups is 1. The van der Waals surface area contributed by atoms with Gasteiger partial charge < -0.3 is 9.80 Å². The molecule has 7 heteroatoms. The Bertz CT molecular complexity index is 531. The van der Waals surface area contributed by atoms with Crippen molar-refractivity contribution >= 4 is 27.9 Å². The molecular weight excluding hydrogens is 278 g/mol. The lowest BCUT2D eigenvalue weighted by atomic mass is 10.0. The van der Waals surface area contributed by atoms with Crippen LogP contribution in [0.15, 0.2) is 11.4 Å². The van der Waals surface area contributed by atoms with Crippen molar-refractivity contribution < 1.29 is 9.72 Å². The van der Waals surface area contributed by atoms with Gasteiger partial charge in [-0.15, -0.1) is 11.3 Å². The number of likely N-dealkylation sites (tertiary alicyclic amines) is 1. The van der Waals surface area contributed by atoms with E-state index in [0.717, 1.165) is 37.4 Å². The first-order valence-corrected chi connectivity index (χ1v) is 7.81. The normalized spacial score (nSPS) is 23.4. The van der Waals surface area contributed by atoms with Crippen molar-refractivity contribution in [1.82, 2.24) is 4.90 Å². The van der Waals surface area contributed by atoms with Gasteiger partial charge in [0.05, 0.1) is 4.92 Å². The largest absolute Gasteiger partial charge is 0.356 e. The van der Waals surface area contributed by atoms with Crippen molar-refractivity contribution in [3.63, 3.8) is 0 Å². The predicted octanol–water partition coefficient (Wildman–Crippen LogP) is 2.25. The number of nitrogens with zero attached hydrogens (tertiary/aromatic N) is 3. The Morgan fingerprint density at radius 2 is 2.20 bits per heavy atom. The van der Waals surface area contributed by atoms with Crippen LogP contribution in [0.3, 0.4) is 0 Å². The lowest BCUT2D eigenvalue weighted by molar-refractivity contribution is -0.383. The van der Waals surface area contributed by atoms with Crippen LogP contribution in [0.2, 0.25) is 0 Å². The average molecular weight is 295 g/mol. The second kappa shape index (κ2) is 5.40. The van der Waals surface area contributed by atoms with Crippen LogP contribution in [-0.4, -0.2) is 41.4 Å². The van der Waals surface area contributed by atoms with Gasteiger partial charge in [0.2, 0.25) is 5.91 Å². The predicted molar refractivity (Wildman–Crippen MR) is 77.2 cm³/mol. The summed E-state index contributed by atoms with van der Waals surface area (Å²) in [5.74, 6) is 0.234. The van der Waals surface area contributed by atoms with Crippen LogP contribution in [0.4, 0.5) is 10.7 Å². The molecule has 0 spiro atoms. The van der Waals surface area contributed by atoms with Crippen molar-refractivity contribution in [2.45, 2.75) is 31.7 Å². The van der Waals surface area contributed by atoms with E-state index in [-0.39, 0.29) is 22.6 Å².